The Balaban J connectivity index is 1.54. The fraction of sp³-hybridized carbons (Fsp3) is 0.565. The second-order valence-corrected chi connectivity index (χ2v) is 9.08. The Hall–Kier alpha value is -1.28. The first-order chi connectivity index (χ1) is 14.2. The number of thiophene rings is 1. The molecule has 2 aromatic rings. The average molecular weight is 418 g/mol. The SMILES string of the molecule is COCC(OC)c1cc2c(s1)CC(OC)OC21CCN(Cc2ccccc2)CC1. The minimum absolute atomic E-state index is 0.0354. The van der Waals surface area contributed by atoms with Crippen LogP contribution >= 0.6 is 11.3 Å². The highest BCUT2D eigenvalue weighted by molar-refractivity contribution is 7.12. The molecule has 158 valence electrons. The second kappa shape index (κ2) is 9.25. The van der Waals surface area contributed by atoms with Gasteiger partial charge in [0.1, 0.15) is 6.10 Å². The molecule has 1 spiro atoms. The van der Waals surface area contributed by atoms with E-state index in [1.54, 1.807) is 21.3 Å². The molecule has 2 aliphatic rings. The van der Waals surface area contributed by atoms with Gasteiger partial charge in [0.15, 0.2) is 6.29 Å². The molecule has 1 aromatic carbocycles. The summed E-state index contributed by atoms with van der Waals surface area (Å²) in [4.78, 5) is 5.11. The van der Waals surface area contributed by atoms with Gasteiger partial charge in [0.05, 0.1) is 12.2 Å². The van der Waals surface area contributed by atoms with E-state index in [4.69, 9.17) is 18.9 Å². The fourth-order valence-electron chi connectivity index (χ4n) is 4.50. The van der Waals surface area contributed by atoms with Crippen LogP contribution in [0.4, 0.5) is 0 Å². The zero-order chi connectivity index (χ0) is 20.3. The van der Waals surface area contributed by atoms with Crippen molar-refractivity contribution in [1.29, 1.82) is 0 Å². The molecule has 2 atom stereocenters. The van der Waals surface area contributed by atoms with Gasteiger partial charge < -0.3 is 18.9 Å². The number of hydrogen-bond donors (Lipinski definition) is 0. The quantitative estimate of drug-likeness (QED) is 0.678. The summed E-state index contributed by atoms with van der Waals surface area (Å²) >= 11 is 1.82. The summed E-state index contributed by atoms with van der Waals surface area (Å²) in [5, 5.41) is 0. The summed E-state index contributed by atoms with van der Waals surface area (Å²) in [5.74, 6) is 0. The summed E-state index contributed by atoms with van der Waals surface area (Å²) in [5.41, 5.74) is 2.44. The van der Waals surface area contributed by atoms with Crippen molar-refractivity contribution in [2.75, 3.05) is 41.0 Å². The van der Waals surface area contributed by atoms with Gasteiger partial charge in [-0.1, -0.05) is 30.3 Å². The third-order valence-corrected chi connectivity index (χ3v) is 7.37. The Kier molecular flexibility index (Phi) is 6.69. The molecule has 0 N–H and O–H groups in total. The Morgan fingerprint density at radius 1 is 1.17 bits per heavy atom. The monoisotopic (exact) mass is 417 g/mol. The minimum Gasteiger partial charge on any atom is -0.382 e. The van der Waals surface area contributed by atoms with Crippen LogP contribution in [0.5, 0.6) is 0 Å². The first-order valence-corrected chi connectivity index (χ1v) is 11.1. The molecule has 0 radical (unpaired) electrons. The molecular formula is C23H31NO4S. The molecule has 1 saturated heterocycles. The van der Waals surface area contributed by atoms with Crippen LogP contribution in [0.3, 0.4) is 0 Å². The summed E-state index contributed by atoms with van der Waals surface area (Å²) in [6, 6.07) is 13.0. The van der Waals surface area contributed by atoms with Gasteiger partial charge in [-0.05, 0) is 30.0 Å². The number of hydrogen-bond acceptors (Lipinski definition) is 6. The Morgan fingerprint density at radius 2 is 1.93 bits per heavy atom. The zero-order valence-electron chi connectivity index (χ0n) is 17.6. The maximum atomic E-state index is 6.56. The number of likely N-dealkylation sites (tertiary alicyclic amines) is 1. The van der Waals surface area contributed by atoms with Crippen LogP contribution in [0.15, 0.2) is 36.4 Å². The van der Waals surface area contributed by atoms with Crippen molar-refractivity contribution in [3.63, 3.8) is 0 Å². The van der Waals surface area contributed by atoms with Gasteiger partial charge in [0.2, 0.25) is 0 Å². The number of methoxy groups -OCH3 is 3. The third kappa shape index (κ3) is 4.43. The maximum Gasteiger partial charge on any atom is 0.163 e. The number of benzene rings is 1. The number of ether oxygens (including phenoxy) is 4. The molecule has 6 heteroatoms. The Morgan fingerprint density at radius 3 is 2.59 bits per heavy atom. The van der Waals surface area contributed by atoms with Crippen molar-refractivity contribution >= 4 is 11.3 Å². The van der Waals surface area contributed by atoms with Crippen molar-refractivity contribution in [1.82, 2.24) is 4.90 Å². The topological polar surface area (TPSA) is 40.2 Å². The van der Waals surface area contributed by atoms with E-state index in [-0.39, 0.29) is 18.0 Å². The van der Waals surface area contributed by atoms with Crippen LogP contribution in [-0.4, -0.2) is 52.2 Å². The maximum absolute atomic E-state index is 6.56. The lowest BCUT2D eigenvalue weighted by Gasteiger charge is -2.46. The van der Waals surface area contributed by atoms with E-state index in [9.17, 15) is 0 Å². The van der Waals surface area contributed by atoms with Gasteiger partial charge >= 0.3 is 0 Å². The molecule has 4 rings (SSSR count). The lowest BCUT2D eigenvalue weighted by atomic mass is 9.81. The van der Waals surface area contributed by atoms with Crippen molar-refractivity contribution in [3.05, 3.63) is 57.3 Å². The number of piperidine rings is 1. The summed E-state index contributed by atoms with van der Waals surface area (Å²) in [6.45, 7) is 3.58. The first kappa shape index (κ1) is 21.0. The van der Waals surface area contributed by atoms with Gasteiger partial charge in [-0.25, -0.2) is 0 Å². The molecule has 2 aliphatic heterocycles. The van der Waals surface area contributed by atoms with Crippen LogP contribution in [0, 0.1) is 0 Å². The zero-order valence-corrected chi connectivity index (χ0v) is 18.4. The number of fused-ring (bicyclic) bond motifs is 2. The molecule has 29 heavy (non-hydrogen) atoms. The Bertz CT molecular complexity index is 785. The molecule has 2 unspecified atom stereocenters. The van der Waals surface area contributed by atoms with Gasteiger partial charge in [-0.3, -0.25) is 4.90 Å². The van der Waals surface area contributed by atoms with Crippen molar-refractivity contribution in [2.24, 2.45) is 0 Å². The molecule has 3 heterocycles. The minimum atomic E-state index is -0.262. The van der Waals surface area contributed by atoms with Crippen molar-refractivity contribution in [3.8, 4) is 0 Å². The third-order valence-electron chi connectivity index (χ3n) is 6.12. The lowest BCUT2D eigenvalue weighted by Crippen LogP contribution is -2.48. The Labute approximate surface area is 177 Å². The molecule has 0 saturated carbocycles. The number of rotatable bonds is 7. The highest BCUT2D eigenvalue weighted by Gasteiger charge is 2.45. The smallest absolute Gasteiger partial charge is 0.163 e. The van der Waals surface area contributed by atoms with Crippen molar-refractivity contribution < 1.29 is 18.9 Å². The second-order valence-electron chi connectivity index (χ2n) is 7.91. The van der Waals surface area contributed by atoms with Crippen molar-refractivity contribution in [2.45, 2.75) is 43.8 Å². The molecule has 1 fully saturated rings. The summed E-state index contributed by atoms with van der Waals surface area (Å²) < 4.78 is 23.2. The summed E-state index contributed by atoms with van der Waals surface area (Å²) in [6.07, 6.45) is 2.54. The van der Waals surface area contributed by atoms with Crippen LogP contribution in [0.25, 0.3) is 0 Å². The predicted octanol–water partition coefficient (Wildman–Crippen LogP) is 4.12. The van der Waals surface area contributed by atoms with E-state index < -0.39 is 0 Å². The van der Waals surface area contributed by atoms with Gasteiger partial charge in [0, 0.05) is 57.1 Å². The normalized spacial score (nSPS) is 22.5. The molecule has 0 amide bonds. The molecule has 1 aromatic heterocycles. The molecule has 0 aliphatic carbocycles. The van der Waals surface area contributed by atoms with E-state index in [1.165, 1.54) is 20.9 Å². The van der Waals surface area contributed by atoms with E-state index in [2.05, 4.69) is 41.3 Å². The first-order valence-electron chi connectivity index (χ1n) is 10.3. The van der Waals surface area contributed by atoms with Crippen LogP contribution in [-0.2, 0) is 37.5 Å². The fourth-order valence-corrected chi connectivity index (χ4v) is 5.84. The van der Waals surface area contributed by atoms with E-state index in [0.29, 0.717) is 6.61 Å². The van der Waals surface area contributed by atoms with E-state index in [1.807, 2.05) is 11.3 Å². The van der Waals surface area contributed by atoms with Gasteiger partial charge in [-0.2, -0.15) is 0 Å². The summed E-state index contributed by atoms with van der Waals surface area (Å²) in [7, 11) is 5.20. The van der Waals surface area contributed by atoms with Crippen LogP contribution in [0.1, 0.15) is 39.8 Å². The van der Waals surface area contributed by atoms with Gasteiger partial charge in [0.25, 0.3) is 0 Å². The highest BCUT2D eigenvalue weighted by atomic mass is 32.1. The average Bonchev–Trinajstić information content (AvgIpc) is 3.19. The van der Waals surface area contributed by atoms with Crippen LogP contribution in [0.2, 0.25) is 0 Å². The molecule has 0 bridgehead atoms. The molecule has 5 nitrogen and oxygen atoms in total. The lowest BCUT2D eigenvalue weighted by molar-refractivity contribution is -0.226. The predicted molar refractivity (Wildman–Crippen MR) is 114 cm³/mol. The molecular weight excluding hydrogens is 386 g/mol. The highest BCUT2D eigenvalue weighted by Crippen LogP contribution is 2.47. The largest absolute Gasteiger partial charge is 0.382 e. The van der Waals surface area contributed by atoms with E-state index in [0.717, 1.165) is 38.9 Å². The number of nitrogens with zero attached hydrogens (tertiary/aromatic N) is 1. The van der Waals surface area contributed by atoms with Crippen LogP contribution < -0.4 is 0 Å². The standard InChI is InChI=1S/C23H31NO4S/c1-25-16-19(26-2)21-13-18-20(29-21)14-22(27-3)28-23(18)9-11-24(12-10-23)15-17-7-5-4-6-8-17/h4-8,13,19,22H,9-12,14-16H2,1-3H3. The van der Waals surface area contributed by atoms with E-state index >= 15 is 0 Å². The van der Waals surface area contributed by atoms with Gasteiger partial charge in [-0.15, -0.1) is 11.3 Å².